The molecule has 4 aromatic carbocycles. The number of nitrogens with one attached hydrogen (secondary N) is 2. The molecule has 10 nitrogen and oxygen atoms in total. The van der Waals surface area contributed by atoms with Crippen molar-refractivity contribution in [3.8, 4) is 5.75 Å². The van der Waals surface area contributed by atoms with Gasteiger partial charge in [0.2, 0.25) is 5.60 Å². The Kier molecular flexibility index (Phi) is 10.3. The monoisotopic (exact) mass is 635 g/mol. The number of carbonyl (C=O) groups excluding carboxylic acids is 3. The molecule has 0 saturated heterocycles. The number of oxime groups is 1. The Balaban J connectivity index is 1.36. The molecule has 3 atom stereocenters. The van der Waals surface area contributed by atoms with Crippen molar-refractivity contribution >= 4 is 40.1 Å². The Bertz CT molecular complexity index is 1770. The summed E-state index contributed by atoms with van der Waals surface area (Å²) in [5, 5.41) is 21.5. The number of fused-ring (bicyclic) bond motifs is 1. The first-order chi connectivity index (χ1) is 22.6. The Morgan fingerprint density at radius 3 is 2.21 bits per heavy atom. The Hall–Kier alpha value is -5.51. The maximum Gasteiger partial charge on any atom is 0.305 e. The number of aliphatic carboxylic acids is 1. The van der Waals surface area contributed by atoms with Crippen LogP contribution >= 0.6 is 0 Å². The van der Waals surface area contributed by atoms with E-state index in [1.54, 1.807) is 36.4 Å². The van der Waals surface area contributed by atoms with E-state index < -0.39 is 48.4 Å². The third kappa shape index (κ3) is 8.21. The lowest BCUT2D eigenvalue weighted by molar-refractivity contribution is -0.147. The number of carbonyl (C=O) groups is 4. The summed E-state index contributed by atoms with van der Waals surface area (Å²) >= 11 is 0. The van der Waals surface area contributed by atoms with Crippen molar-refractivity contribution in [3.63, 3.8) is 0 Å². The third-order valence-corrected chi connectivity index (χ3v) is 8.07. The molecule has 0 aromatic heterocycles. The van der Waals surface area contributed by atoms with Gasteiger partial charge in [0.1, 0.15) is 18.4 Å². The smallest absolute Gasteiger partial charge is 0.305 e. The zero-order chi connectivity index (χ0) is 33.4. The van der Waals surface area contributed by atoms with Crippen molar-refractivity contribution in [3.05, 3.63) is 114 Å². The topological polar surface area (TPSA) is 143 Å². The minimum Gasteiger partial charge on any atom is -0.486 e. The molecule has 0 spiro atoms. The van der Waals surface area contributed by atoms with Crippen LogP contribution in [0.5, 0.6) is 5.75 Å². The van der Waals surface area contributed by atoms with Gasteiger partial charge in [-0.25, -0.2) is 0 Å². The lowest BCUT2D eigenvalue weighted by atomic mass is 9.84. The largest absolute Gasteiger partial charge is 0.486 e. The van der Waals surface area contributed by atoms with Crippen LogP contribution in [0.4, 0.5) is 0 Å². The molecule has 47 heavy (non-hydrogen) atoms. The van der Waals surface area contributed by atoms with Crippen molar-refractivity contribution in [1.29, 1.82) is 0 Å². The zero-order valence-corrected chi connectivity index (χ0v) is 26.2. The highest BCUT2D eigenvalue weighted by Crippen LogP contribution is 2.32. The number of carboxylic acids is 1. The first kappa shape index (κ1) is 32.9. The van der Waals surface area contributed by atoms with Crippen molar-refractivity contribution in [1.82, 2.24) is 10.6 Å². The fourth-order valence-electron chi connectivity index (χ4n) is 5.56. The van der Waals surface area contributed by atoms with Gasteiger partial charge >= 0.3 is 5.97 Å². The maximum atomic E-state index is 14.1. The lowest BCUT2D eigenvalue weighted by Crippen LogP contribution is -2.55. The van der Waals surface area contributed by atoms with Gasteiger partial charge in [-0.05, 0) is 46.5 Å². The molecule has 0 bridgehead atoms. The van der Waals surface area contributed by atoms with Crippen molar-refractivity contribution < 1.29 is 33.9 Å². The van der Waals surface area contributed by atoms with Crippen LogP contribution < -0.4 is 15.4 Å². The molecule has 1 aliphatic heterocycles. The molecule has 3 N–H and O–H groups in total. The molecular weight excluding hydrogens is 598 g/mol. The van der Waals surface area contributed by atoms with Gasteiger partial charge in [0, 0.05) is 18.4 Å². The number of para-hydroxylation sites is 1. The van der Waals surface area contributed by atoms with Crippen molar-refractivity contribution in [2.75, 3.05) is 6.61 Å². The van der Waals surface area contributed by atoms with Crippen molar-refractivity contribution in [2.24, 2.45) is 11.1 Å². The number of Topliss-reactive ketones (excluding diaryl/α,β-unsaturated/α-hetero) is 1. The number of hydrogen-bond donors (Lipinski definition) is 3. The zero-order valence-electron chi connectivity index (χ0n) is 26.2. The maximum absolute atomic E-state index is 14.1. The summed E-state index contributed by atoms with van der Waals surface area (Å²) in [5.41, 5.74) is 0.104. The van der Waals surface area contributed by atoms with E-state index in [4.69, 9.17) is 9.57 Å². The fourth-order valence-corrected chi connectivity index (χ4v) is 5.56. The second kappa shape index (κ2) is 14.7. The number of carboxylic acid groups (broad SMARTS) is 1. The van der Waals surface area contributed by atoms with Crippen LogP contribution in [0.25, 0.3) is 10.8 Å². The van der Waals surface area contributed by atoms with Gasteiger partial charge in [0.15, 0.2) is 5.78 Å². The highest BCUT2D eigenvalue weighted by atomic mass is 16.7. The quantitative estimate of drug-likeness (QED) is 0.178. The Morgan fingerprint density at radius 2 is 1.53 bits per heavy atom. The number of ketones is 1. The summed E-state index contributed by atoms with van der Waals surface area (Å²) < 4.78 is 5.54. The van der Waals surface area contributed by atoms with E-state index >= 15 is 0 Å². The number of rotatable bonds is 14. The van der Waals surface area contributed by atoms with Crippen LogP contribution in [0.3, 0.4) is 0 Å². The predicted molar refractivity (Wildman–Crippen MR) is 177 cm³/mol. The Labute approximate surface area is 272 Å². The molecule has 1 heterocycles. The third-order valence-electron chi connectivity index (χ3n) is 8.07. The SMILES string of the molecule is CC(C)[C@H](NC(=O)c1ccc2ccccc2c1)C1=NOC(Cc2ccccc2)(C(=O)N[C@@H](CC(=O)O)C(=O)COc2ccccc2)C1. The number of ether oxygens (including phenoxy) is 1. The van der Waals surface area contributed by atoms with E-state index in [-0.39, 0.29) is 24.7 Å². The van der Waals surface area contributed by atoms with Gasteiger partial charge in [-0.3, -0.25) is 19.2 Å². The standard InChI is InChI=1S/C37H37N3O7/c1-24(2)34(39-35(44)28-18-17-26-13-9-10-14-27(26)19-28)31-22-37(47-40-31,21-25-11-5-3-6-12-25)36(45)38-30(20-33(42)43)32(41)23-46-29-15-7-4-8-16-29/h3-19,24,30,34H,20-23H2,1-2H3,(H,38,45)(H,39,44)(H,42,43)/t30-,34-,37?/m0/s1. The first-order valence-electron chi connectivity index (χ1n) is 15.5. The van der Waals surface area contributed by atoms with E-state index in [1.165, 1.54) is 0 Å². The average molecular weight is 636 g/mol. The van der Waals surface area contributed by atoms with Crippen LogP contribution in [-0.2, 0) is 25.6 Å². The summed E-state index contributed by atoms with van der Waals surface area (Å²) in [5.74, 6) is -2.55. The van der Waals surface area contributed by atoms with E-state index in [0.29, 0.717) is 17.0 Å². The highest BCUT2D eigenvalue weighted by molar-refractivity contribution is 6.04. The van der Waals surface area contributed by atoms with Gasteiger partial charge in [-0.15, -0.1) is 0 Å². The number of nitrogens with zero attached hydrogens (tertiary/aromatic N) is 1. The minimum atomic E-state index is -1.60. The molecule has 0 saturated carbocycles. The lowest BCUT2D eigenvalue weighted by Gasteiger charge is -2.29. The van der Waals surface area contributed by atoms with E-state index in [0.717, 1.165) is 16.3 Å². The number of benzene rings is 4. The van der Waals surface area contributed by atoms with E-state index in [1.807, 2.05) is 80.6 Å². The first-order valence-corrected chi connectivity index (χ1v) is 15.5. The summed E-state index contributed by atoms with van der Waals surface area (Å²) in [4.78, 5) is 58.3. The summed E-state index contributed by atoms with van der Waals surface area (Å²) in [7, 11) is 0. The minimum absolute atomic E-state index is 0.00305. The second-order valence-corrected chi connectivity index (χ2v) is 12.0. The Morgan fingerprint density at radius 1 is 0.872 bits per heavy atom. The molecule has 0 aliphatic carbocycles. The summed E-state index contributed by atoms with van der Waals surface area (Å²) in [6.07, 6.45) is -0.554. The predicted octanol–water partition coefficient (Wildman–Crippen LogP) is 4.96. The fraction of sp³-hybridized carbons (Fsp3) is 0.270. The normalized spacial score (nSPS) is 16.9. The van der Waals surface area contributed by atoms with Gasteiger partial charge in [-0.1, -0.05) is 97.9 Å². The van der Waals surface area contributed by atoms with E-state index in [2.05, 4.69) is 15.8 Å². The van der Waals surface area contributed by atoms with Gasteiger partial charge in [-0.2, -0.15) is 0 Å². The van der Waals surface area contributed by atoms with Gasteiger partial charge in [0.05, 0.1) is 18.2 Å². The molecule has 4 aromatic rings. The molecule has 1 unspecified atom stereocenters. The molecule has 2 amide bonds. The van der Waals surface area contributed by atoms with Gasteiger partial charge in [0.25, 0.3) is 11.8 Å². The van der Waals surface area contributed by atoms with E-state index in [9.17, 15) is 24.3 Å². The second-order valence-electron chi connectivity index (χ2n) is 12.0. The molecule has 1 aliphatic rings. The van der Waals surface area contributed by atoms with Crippen LogP contribution in [0.1, 0.15) is 42.6 Å². The molecule has 5 rings (SSSR count). The summed E-state index contributed by atoms with van der Waals surface area (Å²) in [6, 6.07) is 29.1. The molecule has 10 heteroatoms. The highest BCUT2D eigenvalue weighted by Gasteiger charge is 2.49. The summed E-state index contributed by atoms with van der Waals surface area (Å²) in [6.45, 7) is 3.42. The number of amides is 2. The average Bonchev–Trinajstić information content (AvgIpc) is 3.50. The van der Waals surface area contributed by atoms with Crippen LogP contribution in [0, 0.1) is 5.92 Å². The van der Waals surface area contributed by atoms with Crippen LogP contribution in [-0.4, -0.2) is 58.7 Å². The molecule has 242 valence electrons. The molecule has 0 radical (unpaired) electrons. The van der Waals surface area contributed by atoms with Gasteiger partial charge < -0.3 is 25.3 Å². The molecule has 0 fully saturated rings. The molecular formula is C37H37N3O7. The van der Waals surface area contributed by atoms with Crippen LogP contribution in [0.15, 0.2) is 108 Å². The van der Waals surface area contributed by atoms with Crippen molar-refractivity contribution in [2.45, 2.75) is 50.8 Å². The van der Waals surface area contributed by atoms with Crippen LogP contribution in [0.2, 0.25) is 0 Å². The number of hydrogen-bond acceptors (Lipinski definition) is 7.